The van der Waals surface area contributed by atoms with Crippen LogP contribution in [0.25, 0.3) is 0 Å². The normalized spacial score (nSPS) is 45.4. The van der Waals surface area contributed by atoms with Gasteiger partial charge >= 0.3 is 5.97 Å². The molecule has 5 heteroatoms. The molecule has 2 heterocycles. The van der Waals surface area contributed by atoms with Gasteiger partial charge in [-0.05, 0) is 46.5 Å². The highest BCUT2D eigenvalue weighted by Crippen LogP contribution is 2.47. The molecule has 2 saturated heterocycles. The number of esters is 1. The zero-order valence-corrected chi connectivity index (χ0v) is 15.3. The third kappa shape index (κ3) is 3.89. The molecule has 5 atom stereocenters. The van der Waals surface area contributed by atoms with Gasteiger partial charge in [0, 0.05) is 17.9 Å². The van der Waals surface area contributed by atoms with E-state index in [9.17, 15) is 10.1 Å². The second-order valence-electron chi connectivity index (χ2n) is 8.03. The summed E-state index contributed by atoms with van der Waals surface area (Å²) in [5, 5.41) is 9.27. The molecule has 25 heavy (non-hydrogen) atoms. The molecular weight excluding hydrogens is 320 g/mol. The summed E-state index contributed by atoms with van der Waals surface area (Å²) in [7, 11) is 0. The molecule has 3 aliphatic rings. The zero-order chi connectivity index (χ0) is 18.2. The van der Waals surface area contributed by atoms with E-state index in [2.05, 4.69) is 19.6 Å². The van der Waals surface area contributed by atoms with Gasteiger partial charge in [-0.25, -0.2) is 9.68 Å². The summed E-state index contributed by atoms with van der Waals surface area (Å²) >= 11 is 0. The summed E-state index contributed by atoms with van der Waals surface area (Å²) in [6.45, 7) is 9.93. The van der Waals surface area contributed by atoms with Crippen LogP contribution in [0.5, 0.6) is 0 Å². The number of carbonyl (C=O) groups is 1. The van der Waals surface area contributed by atoms with Gasteiger partial charge in [0.05, 0.1) is 11.7 Å². The molecule has 2 aliphatic heterocycles. The van der Waals surface area contributed by atoms with E-state index in [-0.39, 0.29) is 29.7 Å². The molecule has 5 nitrogen and oxygen atoms in total. The van der Waals surface area contributed by atoms with Gasteiger partial charge in [0.2, 0.25) is 0 Å². The standard InChI is InChI=1S/C20H28O5/c1-13-7-5-8-19(3,25-22)9-6-10-20(4)17(24-20)12-15-14(2)18(21)23-16(15)11-13/h6-7,9,15-17,22H,2,5,8,10-12H2,1,3-4H3/b9-6+,13-7+/t15-,16+,17+,19-,20+/m1/s1. The van der Waals surface area contributed by atoms with Crippen LogP contribution < -0.4 is 0 Å². The molecule has 138 valence electrons. The van der Waals surface area contributed by atoms with E-state index in [4.69, 9.17) is 14.4 Å². The maximum Gasteiger partial charge on any atom is 0.334 e. The molecule has 0 aromatic heterocycles. The third-order valence-electron chi connectivity index (χ3n) is 5.78. The van der Waals surface area contributed by atoms with Crippen molar-refractivity contribution >= 4 is 5.97 Å². The molecule has 0 aromatic rings. The Hall–Kier alpha value is -1.43. The van der Waals surface area contributed by atoms with E-state index < -0.39 is 5.60 Å². The number of ether oxygens (including phenoxy) is 2. The number of allylic oxidation sites excluding steroid dienone is 1. The second-order valence-corrected chi connectivity index (χ2v) is 8.03. The first kappa shape index (κ1) is 18.4. The Bertz CT molecular complexity index is 622. The van der Waals surface area contributed by atoms with E-state index in [1.54, 1.807) is 0 Å². The first-order valence-corrected chi connectivity index (χ1v) is 9.00. The Morgan fingerprint density at radius 2 is 2.16 bits per heavy atom. The predicted molar refractivity (Wildman–Crippen MR) is 93.9 cm³/mol. The van der Waals surface area contributed by atoms with Crippen molar-refractivity contribution in [3.63, 3.8) is 0 Å². The average molecular weight is 348 g/mol. The second kappa shape index (κ2) is 6.71. The quantitative estimate of drug-likeness (QED) is 0.194. The fourth-order valence-electron chi connectivity index (χ4n) is 3.86. The first-order chi connectivity index (χ1) is 11.8. The summed E-state index contributed by atoms with van der Waals surface area (Å²) in [5.41, 5.74) is 0.786. The molecule has 0 unspecified atom stereocenters. The molecule has 3 rings (SSSR count). The minimum absolute atomic E-state index is 0.0145. The first-order valence-electron chi connectivity index (χ1n) is 9.00. The highest BCUT2D eigenvalue weighted by molar-refractivity contribution is 5.90. The van der Waals surface area contributed by atoms with Crippen LogP contribution in [0, 0.1) is 5.92 Å². The van der Waals surface area contributed by atoms with E-state index in [0.717, 1.165) is 19.3 Å². The fraction of sp³-hybridized carbons (Fsp3) is 0.650. The van der Waals surface area contributed by atoms with Crippen molar-refractivity contribution in [2.45, 2.75) is 76.3 Å². The number of fused-ring (bicyclic) bond motifs is 2. The summed E-state index contributed by atoms with van der Waals surface area (Å²) in [6.07, 6.45) is 9.61. The lowest BCUT2D eigenvalue weighted by atomic mass is 9.85. The third-order valence-corrected chi connectivity index (χ3v) is 5.78. The zero-order valence-electron chi connectivity index (χ0n) is 15.3. The van der Waals surface area contributed by atoms with Crippen LogP contribution in [0.15, 0.2) is 36.0 Å². The molecule has 0 bridgehead atoms. The average Bonchev–Trinajstić information content (AvgIpc) is 3.12. The van der Waals surface area contributed by atoms with Crippen LogP contribution in [0.2, 0.25) is 0 Å². The fourth-order valence-corrected chi connectivity index (χ4v) is 3.86. The molecule has 0 aromatic carbocycles. The summed E-state index contributed by atoms with van der Waals surface area (Å²) in [4.78, 5) is 16.7. The van der Waals surface area contributed by atoms with Gasteiger partial charge in [0.1, 0.15) is 11.7 Å². The molecular formula is C20H28O5. The monoisotopic (exact) mass is 348 g/mol. The van der Waals surface area contributed by atoms with Crippen molar-refractivity contribution in [2.75, 3.05) is 0 Å². The topological polar surface area (TPSA) is 68.3 Å². The lowest BCUT2D eigenvalue weighted by Crippen LogP contribution is -2.25. The Morgan fingerprint density at radius 1 is 1.40 bits per heavy atom. The van der Waals surface area contributed by atoms with Crippen molar-refractivity contribution in [1.82, 2.24) is 0 Å². The molecule has 0 amide bonds. The SMILES string of the molecule is C=C1C(=O)O[C@H]2C/C(C)=C/CC[C@@](C)(OO)/C=C/C[C@]3(C)O[C@H]3C[C@H]12. The Balaban J connectivity index is 1.82. The number of hydrogen-bond donors (Lipinski definition) is 1. The van der Waals surface area contributed by atoms with Crippen LogP contribution in [-0.2, 0) is 19.2 Å². The molecule has 0 saturated carbocycles. The van der Waals surface area contributed by atoms with Gasteiger partial charge in [-0.1, -0.05) is 30.4 Å². The van der Waals surface area contributed by atoms with Crippen LogP contribution >= 0.6 is 0 Å². The molecule has 1 aliphatic carbocycles. The van der Waals surface area contributed by atoms with Crippen LogP contribution in [0.1, 0.15) is 52.9 Å². The van der Waals surface area contributed by atoms with Crippen molar-refractivity contribution < 1.29 is 24.4 Å². The van der Waals surface area contributed by atoms with E-state index >= 15 is 0 Å². The van der Waals surface area contributed by atoms with E-state index in [0.29, 0.717) is 18.4 Å². The van der Waals surface area contributed by atoms with E-state index in [1.165, 1.54) is 5.57 Å². The number of epoxide rings is 1. The maximum atomic E-state index is 12.0. The van der Waals surface area contributed by atoms with E-state index in [1.807, 2.05) is 26.0 Å². The predicted octanol–water partition coefficient (Wildman–Crippen LogP) is 3.96. The van der Waals surface area contributed by atoms with Gasteiger partial charge in [-0.2, -0.15) is 0 Å². The Morgan fingerprint density at radius 3 is 2.88 bits per heavy atom. The minimum Gasteiger partial charge on any atom is -0.458 e. The van der Waals surface area contributed by atoms with Gasteiger partial charge in [-0.3, -0.25) is 5.26 Å². The molecule has 1 N–H and O–H groups in total. The van der Waals surface area contributed by atoms with Gasteiger partial charge < -0.3 is 9.47 Å². The van der Waals surface area contributed by atoms with Crippen molar-refractivity contribution in [3.05, 3.63) is 36.0 Å². The molecule has 2 fully saturated rings. The lowest BCUT2D eigenvalue weighted by Gasteiger charge is -2.22. The van der Waals surface area contributed by atoms with Crippen LogP contribution in [0.4, 0.5) is 0 Å². The number of hydrogen-bond acceptors (Lipinski definition) is 5. The largest absolute Gasteiger partial charge is 0.458 e. The van der Waals surface area contributed by atoms with Gasteiger partial charge in [0.25, 0.3) is 0 Å². The van der Waals surface area contributed by atoms with Gasteiger partial charge in [0.15, 0.2) is 0 Å². The van der Waals surface area contributed by atoms with Crippen molar-refractivity contribution in [2.24, 2.45) is 5.92 Å². The molecule has 0 radical (unpaired) electrons. The number of rotatable bonds is 1. The highest BCUT2D eigenvalue weighted by Gasteiger charge is 2.54. The Kier molecular flexibility index (Phi) is 4.93. The van der Waals surface area contributed by atoms with Crippen LogP contribution in [-0.4, -0.2) is 34.6 Å². The Labute approximate surface area is 149 Å². The minimum atomic E-state index is -0.710. The van der Waals surface area contributed by atoms with Gasteiger partial charge in [-0.15, -0.1) is 0 Å². The number of carbonyl (C=O) groups excluding carboxylic acids is 1. The summed E-state index contributed by atoms with van der Waals surface area (Å²) < 4.78 is 11.5. The smallest absolute Gasteiger partial charge is 0.334 e. The lowest BCUT2D eigenvalue weighted by molar-refractivity contribution is -0.303. The maximum absolute atomic E-state index is 12.0. The van der Waals surface area contributed by atoms with Crippen molar-refractivity contribution in [1.29, 1.82) is 0 Å². The summed E-state index contributed by atoms with van der Waals surface area (Å²) in [5.74, 6) is -0.267. The molecule has 0 spiro atoms. The summed E-state index contributed by atoms with van der Waals surface area (Å²) in [6, 6.07) is 0. The highest BCUT2D eigenvalue weighted by atomic mass is 17.1. The van der Waals surface area contributed by atoms with Crippen LogP contribution in [0.3, 0.4) is 0 Å². The van der Waals surface area contributed by atoms with Crippen molar-refractivity contribution in [3.8, 4) is 0 Å².